The van der Waals surface area contributed by atoms with Crippen molar-refractivity contribution in [1.29, 1.82) is 0 Å². The lowest BCUT2D eigenvalue weighted by molar-refractivity contribution is 0.0531. The molecule has 0 saturated carbocycles. The Labute approximate surface area is 108 Å². The third-order valence-corrected chi connectivity index (χ3v) is 2.49. The first-order chi connectivity index (χ1) is 8.70. The van der Waals surface area contributed by atoms with Crippen molar-refractivity contribution in [3.05, 3.63) is 5.69 Å². The second-order valence-corrected chi connectivity index (χ2v) is 3.99. The quantitative estimate of drug-likeness (QED) is 0.668. The summed E-state index contributed by atoms with van der Waals surface area (Å²) in [5.74, 6) is 0.619. The van der Waals surface area contributed by atoms with Crippen molar-refractivity contribution in [2.45, 2.75) is 19.8 Å². The van der Waals surface area contributed by atoms with Gasteiger partial charge in [-0.05, 0) is 6.42 Å². The molecule has 0 aromatic carbocycles. The average Bonchev–Trinajstić information content (AvgIpc) is 2.61. The lowest BCUT2D eigenvalue weighted by Crippen LogP contribution is -2.12. The minimum Gasteiger partial charge on any atom is -0.474 e. The molecular formula is C12H23N3O3. The molecule has 0 aliphatic heterocycles. The predicted octanol–water partition coefficient (Wildman–Crippen LogP) is 0.997. The van der Waals surface area contributed by atoms with E-state index in [4.69, 9.17) is 19.9 Å². The van der Waals surface area contributed by atoms with Gasteiger partial charge in [0.15, 0.2) is 0 Å². The molecule has 1 rings (SSSR count). The van der Waals surface area contributed by atoms with Gasteiger partial charge in [-0.1, -0.05) is 13.3 Å². The van der Waals surface area contributed by atoms with E-state index in [9.17, 15) is 0 Å². The normalized spacial score (nSPS) is 10.8. The Morgan fingerprint density at radius 1 is 1.22 bits per heavy atom. The lowest BCUT2D eigenvalue weighted by atomic mass is 10.2. The Morgan fingerprint density at radius 2 is 1.94 bits per heavy atom. The van der Waals surface area contributed by atoms with Crippen molar-refractivity contribution in [3.63, 3.8) is 0 Å². The minimum atomic E-state index is 0.457. The van der Waals surface area contributed by atoms with Gasteiger partial charge in [-0.25, -0.2) is 4.68 Å². The standard InChI is InChI=1S/C12H23N3O3/c1-4-5-10-11(13)12(15(2)14-10)18-9-8-17-7-6-16-3/h4-9,13H2,1-3H3. The van der Waals surface area contributed by atoms with Crippen LogP contribution in [0.1, 0.15) is 19.0 Å². The van der Waals surface area contributed by atoms with Gasteiger partial charge >= 0.3 is 0 Å². The summed E-state index contributed by atoms with van der Waals surface area (Å²) in [5.41, 5.74) is 7.52. The molecule has 0 saturated heterocycles. The molecule has 0 amide bonds. The molecule has 2 N–H and O–H groups in total. The van der Waals surface area contributed by atoms with Crippen LogP contribution in [-0.4, -0.2) is 43.3 Å². The first-order valence-corrected chi connectivity index (χ1v) is 6.21. The third-order valence-electron chi connectivity index (χ3n) is 2.49. The van der Waals surface area contributed by atoms with Crippen LogP contribution in [0.2, 0.25) is 0 Å². The maximum atomic E-state index is 5.98. The number of nitrogen functional groups attached to an aromatic ring is 1. The Balaban J connectivity index is 2.37. The minimum absolute atomic E-state index is 0.457. The fraction of sp³-hybridized carbons (Fsp3) is 0.750. The summed E-state index contributed by atoms with van der Waals surface area (Å²) in [6, 6.07) is 0. The van der Waals surface area contributed by atoms with Crippen LogP contribution in [0, 0.1) is 0 Å². The number of hydrogen-bond acceptors (Lipinski definition) is 5. The molecule has 6 nitrogen and oxygen atoms in total. The zero-order valence-corrected chi connectivity index (χ0v) is 11.4. The van der Waals surface area contributed by atoms with Crippen molar-refractivity contribution >= 4 is 5.69 Å². The molecule has 0 radical (unpaired) electrons. The Bertz CT molecular complexity index is 353. The van der Waals surface area contributed by atoms with Crippen molar-refractivity contribution < 1.29 is 14.2 Å². The van der Waals surface area contributed by atoms with Gasteiger partial charge in [-0.2, -0.15) is 5.10 Å². The molecule has 18 heavy (non-hydrogen) atoms. The molecule has 0 aliphatic carbocycles. The van der Waals surface area contributed by atoms with Crippen molar-refractivity contribution in [2.24, 2.45) is 7.05 Å². The fourth-order valence-corrected chi connectivity index (χ4v) is 1.61. The largest absolute Gasteiger partial charge is 0.474 e. The SMILES string of the molecule is CCCc1nn(C)c(OCCOCCOC)c1N. The summed E-state index contributed by atoms with van der Waals surface area (Å²) in [7, 11) is 3.47. The van der Waals surface area contributed by atoms with Crippen LogP contribution >= 0.6 is 0 Å². The van der Waals surface area contributed by atoms with Crippen LogP contribution in [0.3, 0.4) is 0 Å². The first kappa shape index (κ1) is 14.8. The molecule has 0 atom stereocenters. The van der Waals surface area contributed by atoms with Crippen LogP contribution < -0.4 is 10.5 Å². The van der Waals surface area contributed by atoms with E-state index in [1.807, 2.05) is 7.05 Å². The highest BCUT2D eigenvalue weighted by Gasteiger charge is 2.13. The van der Waals surface area contributed by atoms with Crippen LogP contribution in [-0.2, 0) is 22.9 Å². The molecule has 0 aliphatic rings. The van der Waals surface area contributed by atoms with E-state index in [2.05, 4.69) is 12.0 Å². The number of nitrogens with zero attached hydrogens (tertiary/aromatic N) is 2. The van der Waals surface area contributed by atoms with Crippen molar-refractivity contribution in [1.82, 2.24) is 9.78 Å². The summed E-state index contributed by atoms with van der Waals surface area (Å²) >= 11 is 0. The number of hydrogen-bond donors (Lipinski definition) is 1. The summed E-state index contributed by atoms with van der Waals surface area (Å²) < 4.78 is 17.4. The van der Waals surface area contributed by atoms with Gasteiger partial charge in [0, 0.05) is 14.2 Å². The number of aryl methyl sites for hydroxylation is 2. The van der Waals surface area contributed by atoms with E-state index in [0.29, 0.717) is 38.0 Å². The van der Waals surface area contributed by atoms with Crippen LogP contribution in [0.25, 0.3) is 0 Å². The van der Waals surface area contributed by atoms with Gasteiger partial charge in [-0.3, -0.25) is 0 Å². The molecule has 6 heteroatoms. The van der Waals surface area contributed by atoms with Gasteiger partial charge in [-0.15, -0.1) is 0 Å². The highest BCUT2D eigenvalue weighted by Crippen LogP contribution is 2.25. The Hall–Kier alpha value is -1.27. The van der Waals surface area contributed by atoms with Crippen LogP contribution in [0.15, 0.2) is 0 Å². The number of nitrogens with two attached hydrogens (primary N) is 1. The zero-order valence-electron chi connectivity index (χ0n) is 11.4. The van der Waals surface area contributed by atoms with E-state index in [-0.39, 0.29) is 0 Å². The summed E-state index contributed by atoms with van der Waals surface area (Å²) in [6.07, 6.45) is 1.88. The van der Waals surface area contributed by atoms with Crippen LogP contribution in [0.4, 0.5) is 5.69 Å². The highest BCUT2D eigenvalue weighted by molar-refractivity contribution is 5.53. The van der Waals surface area contributed by atoms with Crippen LogP contribution in [0.5, 0.6) is 5.88 Å². The Kier molecular flexibility index (Phi) is 6.53. The van der Waals surface area contributed by atoms with E-state index >= 15 is 0 Å². The molecule has 1 aromatic heterocycles. The second-order valence-electron chi connectivity index (χ2n) is 3.99. The van der Waals surface area contributed by atoms with Gasteiger partial charge in [0.2, 0.25) is 5.88 Å². The fourth-order valence-electron chi connectivity index (χ4n) is 1.61. The molecule has 0 unspecified atom stereocenters. The summed E-state index contributed by atoms with van der Waals surface area (Å²) in [6.45, 7) is 4.23. The number of methoxy groups -OCH3 is 1. The Morgan fingerprint density at radius 3 is 2.61 bits per heavy atom. The average molecular weight is 257 g/mol. The zero-order chi connectivity index (χ0) is 13.4. The third kappa shape index (κ3) is 4.19. The molecule has 0 fully saturated rings. The first-order valence-electron chi connectivity index (χ1n) is 6.21. The molecule has 1 heterocycles. The number of rotatable bonds is 9. The van der Waals surface area contributed by atoms with Gasteiger partial charge in [0.05, 0.1) is 25.5 Å². The maximum Gasteiger partial charge on any atom is 0.235 e. The topological polar surface area (TPSA) is 71.5 Å². The number of ether oxygens (including phenoxy) is 3. The summed E-state index contributed by atoms with van der Waals surface area (Å²) in [5, 5.41) is 4.33. The smallest absolute Gasteiger partial charge is 0.235 e. The summed E-state index contributed by atoms with van der Waals surface area (Å²) in [4.78, 5) is 0. The number of anilines is 1. The molecule has 104 valence electrons. The van der Waals surface area contributed by atoms with E-state index in [1.54, 1.807) is 11.8 Å². The second kappa shape index (κ2) is 7.94. The molecule has 0 bridgehead atoms. The van der Waals surface area contributed by atoms with E-state index < -0.39 is 0 Å². The van der Waals surface area contributed by atoms with Gasteiger partial charge in [0.25, 0.3) is 0 Å². The highest BCUT2D eigenvalue weighted by atomic mass is 16.5. The van der Waals surface area contributed by atoms with E-state index in [1.165, 1.54) is 0 Å². The lowest BCUT2D eigenvalue weighted by Gasteiger charge is -2.07. The molecule has 1 aromatic rings. The van der Waals surface area contributed by atoms with E-state index in [0.717, 1.165) is 18.5 Å². The molecule has 0 spiro atoms. The van der Waals surface area contributed by atoms with Crippen molar-refractivity contribution in [3.8, 4) is 5.88 Å². The van der Waals surface area contributed by atoms with Gasteiger partial charge in [0.1, 0.15) is 12.3 Å². The van der Waals surface area contributed by atoms with Crippen molar-refractivity contribution in [2.75, 3.05) is 39.3 Å². The van der Waals surface area contributed by atoms with Gasteiger partial charge < -0.3 is 19.9 Å². The molecular weight excluding hydrogens is 234 g/mol. The maximum absolute atomic E-state index is 5.98. The monoisotopic (exact) mass is 257 g/mol. The predicted molar refractivity (Wildman–Crippen MR) is 69.8 cm³/mol. The number of aromatic nitrogens is 2.